The van der Waals surface area contributed by atoms with Crippen LogP contribution in [-0.4, -0.2) is 34.5 Å². The SMILES string of the molecule is CCC(O)CN1C(=O)CC(C)(C(C)C)C1=O. The zero-order chi connectivity index (χ0) is 12.5. The van der Waals surface area contributed by atoms with Crippen LogP contribution in [0.2, 0.25) is 0 Å². The van der Waals surface area contributed by atoms with Crippen molar-refractivity contribution in [1.82, 2.24) is 4.90 Å². The van der Waals surface area contributed by atoms with Crippen molar-refractivity contribution >= 4 is 11.8 Å². The lowest BCUT2D eigenvalue weighted by Crippen LogP contribution is -2.40. The smallest absolute Gasteiger partial charge is 0.235 e. The van der Waals surface area contributed by atoms with E-state index < -0.39 is 11.5 Å². The summed E-state index contributed by atoms with van der Waals surface area (Å²) in [5, 5.41) is 9.52. The molecule has 4 heteroatoms. The molecule has 16 heavy (non-hydrogen) atoms. The van der Waals surface area contributed by atoms with Gasteiger partial charge in [-0.15, -0.1) is 0 Å². The highest BCUT2D eigenvalue weighted by Crippen LogP contribution is 2.39. The third kappa shape index (κ3) is 2.12. The number of rotatable bonds is 4. The van der Waals surface area contributed by atoms with Gasteiger partial charge in [0, 0.05) is 6.42 Å². The number of nitrogens with zero attached hydrogens (tertiary/aromatic N) is 1. The Morgan fingerprint density at radius 2 is 2.00 bits per heavy atom. The maximum absolute atomic E-state index is 12.1. The van der Waals surface area contributed by atoms with Gasteiger partial charge in [-0.1, -0.05) is 20.8 Å². The summed E-state index contributed by atoms with van der Waals surface area (Å²) in [4.78, 5) is 25.1. The molecule has 0 radical (unpaired) electrons. The highest BCUT2D eigenvalue weighted by atomic mass is 16.3. The Morgan fingerprint density at radius 1 is 1.44 bits per heavy atom. The van der Waals surface area contributed by atoms with Crippen LogP contribution in [0.25, 0.3) is 0 Å². The van der Waals surface area contributed by atoms with Crippen molar-refractivity contribution in [3.05, 3.63) is 0 Å². The van der Waals surface area contributed by atoms with Crippen molar-refractivity contribution in [3.8, 4) is 0 Å². The van der Waals surface area contributed by atoms with Gasteiger partial charge >= 0.3 is 0 Å². The van der Waals surface area contributed by atoms with Crippen LogP contribution in [0.5, 0.6) is 0 Å². The fraction of sp³-hybridized carbons (Fsp3) is 0.833. The van der Waals surface area contributed by atoms with Gasteiger partial charge in [-0.2, -0.15) is 0 Å². The summed E-state index contributed by atoms with van der Waals surface area (Å²) >= 11 is 0. The van der Waals surface area contributed by atoms with E-state index in [1.54, 1.807) is 0 Å². The number of hydrogen-bond acceptors (Lipinski definition) is 3. The van der Waals surface area contributed by atoms with E-state index in [0.29, 0.717) is 6.42 Å². The van der Waals surface area contributed by atoms with Crippen molar-refractivity contribution in [2.45, 2.75) is 46.6 Å². The Kier molecular flexibility index (Phi) is 3.73. The van der Waals surface area contributed by atoms with Crippen LogP contribution in [0.1, 0.15) is 40.5 Å². The van der Waals surface area contributed by atoms with Crippen LogP contribution < -0.4 is 0 Å². The van der Waals surface area contributed by atoms with Crippen molar-refractivity contribution in [2.24, 2.45) is 11.3 Å². The van der Waals surface area contributed by atoms with Gasteiger partial charge in [0.1, 0.15) is 0 Å². The largest absolute Gasteiger partial charge is 0.391 e. The monoisotopic (exact) mass is 227 g/mol. The van der Waals surface area contributed by atoms with Gasteiger partial charge in [-0.25, -0.2) is 0 Å². The van der Waals surface area contributed by atoms with Crippen molar-refractivity contribution in [3.63, 3.8) is 0 Å². The van der Waals surface area contributed by atoms with E-state index in [-0.39, 0.29) is 30.7 Å². The lowest BCUT2D eigenvalue weighted by molar-refractivity contribution is -0.143. The molecule has 0 aromatic carbocycles. The number of hydrogen-bond donors (Lipinski definition) is 1. The number of carbonyl (C=O) groups is 2. The molecule has 1 aliphatic rings. The average molecular weight is 227 g/mol. The molecule has 0 saturated carbocycles. The summed E-state index contributed by atoms with van der Waals surface area (Å²) in [6.07, 6.45) is 0.206. The fourth-order valence-electron chi connectivity index (χ4n) is 1.88. The minimum atomic E-state index is -0.609. The van der Waals surface area contributed by atoms with Gasteiger partial charge in [0.15, 0.2) is 0 Å². The molecule has 1 fully saturated rings. The molecule has 2 amide bonds. The zero-order valence-corrected chi connectivity index (χ0v) is 10.5. The first-order valence-corrected chi connectivity index (χ1v) is 5.85. The molecule has 0 aliphatic carbocycles. The highest BCUT2D eigenvalue weighted by Gasteiger charge is 2.50. The molecule has 1 N–H and O–H groups in total. The number of likely N-dealkylation sites (tertiary alicyclic amines) is 1. The molecule has 1 aliphatic heterocycles. The first-order valence-electron chi connectivity index (χ1n) is 5.85. The molecule has 2 atom stereocenters. The first kappa shape index (κ1) is 13.2. The Hall–Kier alpha value is -0.900. The van der Waals surface area contributed by atoms with Crippen LogP contribution in [-0.2, 0) is 9.59 Å². The van der Waals surface area contributed by atoms with E-state index in [4.69, 9.17) is 0 Å². The van der Waals surface area contributed by atoms with Crippen LogP contribution in [0.4, 0.5) is 0 Å². The summed E-state index contributed by atoms with van der Waals surface area (Å²) in [5.41, 5.74) is -0.593. The fourth-order valence-corrected chi connectivity index (χ4v) is 1.88. The van der Waals surface area contributed by atoms with E-state index in [0.717, 1.165) is 0 Å². The molecule has 1 heterocycles. The quantitative estimate of drug-likeness (QED) is 0.734. The zero-order valence-electron chi connectivity index (χ0n) is 10.5. The lowest BCUT2D eigenvalue weighted by Gasteiger charge is -2.26. The lowest BCUT2D eigenvalue weighted by atomic mass is 9.78. The Morgan fingerprint density at radius 3 is 2.38 bits per heavy atom. The molecule has 0 spiro atoms. The molecule has 1 rings (SSSR count). The third-order valence-electron chi connectivity index (χ3n) is 3.69. The molecule has 92 valence electrons. The highest BCUT2D eigenvalue weighted by molar-refractivity contribution is 6.05. The number of β-amino-alcohol motifs (C(OH)–C–C–N with tert-alkyl or cyclic N) is 1. The number of aliphatic hydroxyl groups excluding tert-OH is 1. The second-order valence-corrected chi connectivity index (χ2v) is 5.12. The standard InChI is InChI=1S/C12H21NO3/c1-5-9(14)7-13-10(15)6-12(4,8(2)3)11(13)16/h8-9,14H,5-7H2,1-4H3. The predicted octanol–water partition coefficient (Wildman–Crippen LogP) is 1.18. The van der Waals surface area contributed by atoms with Gasteiger partial charge in [0.2, 0.25) is 11.8 Å². The van der Waals surface area contributed by atoms with Gasteiger partial charge in [-0.05, 0) is 19.3 Å². The number of amides is 2. The van der Waals surface area contributed by atoms with Gasteiger partial charge in [0.05, 0.1) is 18.1 Å². The van der Waals surface area contributed by atoms with E-state index in [1.165, 1.54) is 4.90 Å². The van der Waals surface area contributed by atoms with Gasteiger partial charge in [0.25, 0.3) is 0 Å². The Balaban J connectivity index is 2.83. The van der Waals surface area contributed by atoms with Crippen molar-refractivity contribution < 1.29 is 14.7 Å². The maximum atomic E-state index is 12.1. The summed E-state index contributed by atoms with van der Waals surface area (Å²) in [6.45, 7) is 7.69. The van der Waals surface area contributed by atoms with E-state index >= 15 is 0 Å². The molecule has 1 saturated heterocycles. The molecule has 2 unspecified atom stereocenters. The van der Waals surface area contributed by atoms with E-state index in [2.05, 4.69) is 0 Å². The van der Waals surface area contributed by atoms with Gasteiger partial charge < -0.3 is 5.11 Å². The number of carbonyl (C=O) groups excluding carboxylic acids is 2. The van der Waals surface area contributed by atoms with Crippen molar-refractivity contribution in [2.75, 3.05) is 6.54 Å². The van der Waals surface area contributed by atoms with Crippen LogP contribution in [0.15, 0.2) is 0 Å². The first-order chi connectivity index (χ1) is 7.32. The average Bonchev–Trinajstić information content (AvgIpc) is 2.43. The molecule has 0 aromatic heterocycles. The Bertz CT molecular complexity index is 301. The maximum Gasteiger partial charge on any atom is 0.235 e. The summed E-state index contributed by atoms with van der Waals surface area (Å²) in [7, 11) is 0. The van der Waals surface area contributed by atoms with E-state index in [9.17, 15) is 14.7 Å². The number of aliphatic hydroxyl groups is 1. The van der Waals surface area contributed by atoms with Crippen LogP contribution in [0.3, 0.4) is 0 Å². The molecular weight excluding hydrogens is 206 g/mol. The molecule has 0 aromatic rings. The third-order valence-corrected chi connectivity index (χ3v) is 3.69. The molecule has 0 bridgehead atoms. The minimum Gasteiger partial charge on any atom is -0.391 e. The predicted molar refractivity (Wildman–Crippen MR) is 60.6 cm³/mol. The van der Waals surface area contributed by atoms with E-state index in [1.807, 2.05) is 27.7 Å². The summed E-state index contributed by atoms with van der Waals surface area (Å²) in [5.74, 6) is -0.165. The van der Waals surface area contributed by atoms with Gasteiger partial charge in [-0.3, -0.25) is 14.5 Å². The van der Waals surface area contributed by atoms with Crippen LogP contribution in [0, 0.1) is 11.3 Å². The summed E-state index contributed by atoms with van der Waals surface area (Å²) in [6, 6.07) is 0. The normalized spacial score (nSPS) is 28.0. The Labute approximate surface area is 96.6 Å². The number of imide groups is 1. The second-order valence-electron chi connectivity index (χ2n) is 5.12. The topological polar surface area (TPSA) is 57.6 Å². The van der Waals surface area contributed by atoms with Crippen molar-refractivity contribution in [1.29, 1.82) is 0 Å². The second kappa shape index (κ2) is 4.53. The minimum absolute atomic E-state index is 0.132. The molecule has 4 nitrogen and oxygen atoms in total. The molecular formula is C12H21NO3. The summed E-state index contributed by atoms with van der Waals surface area (Å²) < 4.78 is 0. The van der Waals surface area contributed by atoms with Crippen LogP contribution >= 0.6 is 0 Å².